The first-order chi connectivity index (χ1) is 10.2. The Kier molecular flexibility index (Phi) is 3.95. The minimum absolute atomic E-state index is 0.300. The fourth-order valence-electron chi connectivity index (χ4n) is 2.45. The van der Waals surface area contributed by atoms with Gasteiger partial charge in [0.15, 0.2) is 0 Å². The molecule has 1 N–H and O–H groups in total. The standard InChI is InChI=1S/C17H15ClFNO/c1-2-20-17(13-10-12(18)7-8-14(13)19)16-9-11-5-3-4-6-15(11)21-16/h3-10,17,20H,2H2,1H3. The minimum Gasteiger partial charge on any atom is -0.459 e. The summed E-state index contributed by atoms with van der Waals surface area (Å²) in [6.45, 7) is 2.66. The van der Waals surface area contributed by atoms with E-state index >= 15 is 0 Å². The highest BCUT2D eigenvalue weighted by Crippen LogP contribution is 2.30. The largest absolute Gasteiger partial charge is 0.459 e. The Morgan fingerprint density at radius 3 is 2.76 bits per heavy atom. The van der Waals surface area contributed by atoms with E-state index in [1.165, 1.54) is 6.07 Å². The van der Waals surface area contributed by atoms with Gasteiger partial charge in [-0.25, -0.2) is 4.39 Å². The molecule has 0 saturated heterocycles. The molecule has 0 aliphatic carbocycles. The summed E-state index contributed by atoms with van der Waals surface area (Å²) in [5.41, 5.74) is 1.28. The molecule has 0 radical (unpaired) electrons. The Labute approximate surface area is 127 Å². The van der Waals surface area contributed by atoms with Crippen molar-refractivity contribution in [1.82, 2.24) is 5.32 Å². The normalized spacial score (nSPS) is 12.7. The van der Waals surface area contributed by atoms with Crippen molar-refractivity contribution in [2.45, 2.75) is 13.0 Å². The summed E-state index contributed by atoms with van der Waals surface area (Å²) in [5, 5.41) is 4.75. The lowest BCUT2D eigenvalue weighted by molar-refractivity contribution is 0.462. The van der Waals surface area contributed by atoms with E-state index in [9.17, 15) is 4.39 Å². The molecule has 1 aromatic heterocycles. The Morgan fingerprint density at radius 1 is 1.19 bits per heavy atom. The number of benzene rings is 2. The van der Waals surface area contributed by atoms with Gasteiger partial charge in [-0.3, -0.25) is 0 Å². The van der Waals surface area contributed by atoms with Crippen LogP contribution in [0.4, 0.5) is 4.39 Å². The summed E-state index contributed by atoms with van der Waals surface area (Å²) in [6.07, 6.45) is 0. The molecule has 1 atom stereocenters. The van der Waals surface area contributed by atoms with Gasteiger partial charge in [0, 0.05) is 16.0 Å². The van der Waals surface area contributed by atoms with E-state index in [0.717, 1.165) is 11.0 Å². The number of hydrogen-bond donors (Lipinski definition) is 1. The molecule has 0 fully saturated rings. The van der Waals surface area contributed by atoms with Crippen LogP contribution < -0.4 is 5.32 Å². The van der Waals surface area contributed by atoms with Gasteiger partial charge in [0.05, 0.1) is 6.04 Å². The second-order valence-electron chi connectivity index (χ2n) is 4.84. The van der Waals surface area contributed by atoms with E-state index in [0.29, 0.717) is 22.9 Å². The van der Waals surface area contributed by atoms with Crippen molar-refractivity contribution in [3.63, 3.8) is 0 Å². The van der Waals surface area contributed by atoms with E-state index in [1.54, 1.807) is 12.1 Å². The van der Waals surface area contributed by atoms with Crippen molar-refractivity contribution in [3.8, 4) is 0 Å². The second kappa shape index (κ2) is 5.88. The number of halogens is 2. The summed E-state index contributed by atoms with van der Waals surface area (Å²) in [7, 11) is 0. The van der Waals surface area contributed by atoms with Gasteiger partial charge in [-0.15, -0.1) is 0 Å². The first-order valence-corrected chi connectivity index (χ1v) is 7.23. The molecule has 0 aliphatic heterocycles. The average Bonchev–Trinajstić information content (AvgIpc) is 2.91. The van der Waals surface area contributed by atoms with Gasteiger partial charge < -0.3 is 9.73 Å². The smallest absolute Gasteiger partial charge is 0.134 e. The van der Waals surface area contributed by atoms with E-state index in [1.807, 2.05) is 37.3 Å². The third kappa shape index (κ3) is 2.80. The molecule has 3 aromatic rings. The van der Waals surface area contributed by atoms with Gasteiger partial charge >= 0.3 is 0 Å². The molecule has 1 heterocycles. The maximum atomic E-state index is 14.1. The fourth-order valence-corrected chi connectivity index (χ4v) is 2.63. The summed E-state index contributed by atoms with van der Waals surface area (Å²) in [5.74, 6) is 0.380. The summed E-state index contributed by atoms with van der Waals surface area (Å²) in [6, 6.07) is 13.9. The van der Waals surface area contributed by atoms with Crippen LogP contribution in [0.15, 0.2) is 52.9 Å². The van der Waals surface area contributed by atoms with Crippen LogP contribution in [0.1, 0.15) is 24.3 Å². The topological polar surface area (TPSA) is 25.2 Å². The van der Waals surface area contributed by atoms with Crippen LogP contribution in [0, 0.1) is 5.82 Å². The molecule has 2 aromatic carbocycles. The van der Waals surface area contributed by atoms with E-state index < -0.39 is 0 Å². The van der Waals surface area contributed by atoms with Crippen molar-refractivity contribution in [1.29, 1.82) is 0 Å². The molecule has 108 valence electrons. The third-order valence-electron chi connectivity index (χ3n) is 3.41. The molecule has 21 heavy (non-hydrogen) atoms. The molecule has 0 bridgehead atoms. The lowest BCUT2D eigenvalue weighted by atomic mass is 10.0. The zero-order valence-corrected chi connectivity index (χ0v) is 12.3. The summed E-state index contributed by atoms with van der Waals surface area (Å²) >= 11 is 6.00. The van der Waals surface area contributed by atoms with Gasteiger partial charge in [0.2, 0.25) is 0 Å². The van der Waals surface area contributed by atoms with Gasteiger partial charge in [-0.05, 0) is 36.9 Å². The number of furan rings is 1. The molecule has 3 rings (SSSR count). The lowest BCUT2D eigenvalue weighted by Crippen LogP contribution is -2.22. The first-order valence-electron chi connectivity index (χ1n) is 6.86. The van der Waals surface area contributed by atoms with Crippen LogP contribution in [0.25, 0.3) is 11.0 Å². The second-order valence-corrected chi connectivity index (χ2v) is 5.28. The number of rotatable bonds is 4. The third-order valence-corrected chi connectivity index (χ3v) is 3.64. The Balaban J connectivity index is 2.10. The van der Waals surface area contributed by atoms with Crippen molar-refractivity contribution < 1.29 is 8.81 Å². The van der Waals surface area contributed by atoms with Crippen LogP contribution >= 0.6 is 11.6 Å². The Morgan fingerprint density at radius 2 is 2.00 bits per heavy atom. The number of hydrogen-bond acceptors (Lipinski definition) is 2. The molecule has 2 nitrogen and oxygen atoms in total. The summed E-state index contributed by atoms with van der Waals surface area (Å²) in [4.78, 5) is 0. The Bertz CT molecular complexity index is 735. The van der Waals surface area contributed by atoms with Crippen molar-refractivity contribution >= 4 is 22.6 Å². The zero-order valence-electron chi connectivity index (χ0n) is 11.6. The van der Waals surface area contributed by atoms with E-state index in [-0.39, 0.29) is 11.9 Å². The molecule has 4 heteroatoms. The zero-order chi connectivity index (χ0) is 14.8. The highest BCUT2D eigenvalue weighted by Gasteiger charge is 2.21. The van der Waals surface area contributed by atoms with Crippen LogP contribution in [-0.2, 0) is 0 Å². The molecule has 1 unspecified atom stereocenters. The Hall–Kier alpha value is -1.84. The van der Waals surface area contributed by atoms with Gasteiger partial charge in [0.25, 0.3) is 0 Å². The quantitative estimate of drug-likeness (QED) is 0.739. The average molecular weight is 304 g/mol. The van der Waals surface area contributed by atoms with Gasteiger partial charge in [0.1, 0.15) is 17.2 Å². The molecule has 0 spiro atoms. The summed E-state index contributed by atoms with van der Waals surface area (Å²) < 4.78 is 20.0. The highest BCUT2D eigenvalue weighted by atomic mass is 35.5. The molecule has 0 aliphatic rings. The van der Waals surface area contributed by atoms with E-state index in [4.69, 9.17) is 16.0 Å². The number of fused-ring (bicyclic) bond motifs is 1. The number of para-hydroxylation sites is 1. The maximum Gasteiger partial charge on any atom is 0.134 e. The molecule has 0 saturated carbocycles. The van der Waals surface area contributed by atoms with E-state index in [2.05, 4.69) is 5.32 Å². The predicted molar refractivity (Wildman–Crippen MR) is 83.1 cm³/mol. The van der Waals surface area contributed by atoms with Crippen LogP contribution in [0.5, 0.6) is 0 Å². The first kappa shape index (κ1) is 14.1. The number of nitrogens with one attached hydrogen (secondary N) is 1. The predicted octanol–water partition coefficient (Wildman–Crippen LogP) is 4.92. The van der Waals surface area contributed by atoms with Gasteiger partial charge in [-0.1, -0.05) is 36.7 Å². The maximum absolute atomic E-state index is 14.1. The van der Waals surface area contributed by atoms with Crippen molar-refractivity contribution in [3.05, 3.63) is 70.7 Å². The molecule has 0 amide bonds. The van der Waals surface area contributed by atoms with Crippen molar-refractivity contribution in [2.24, 2.45) is 0 Å². The van der Waals surface area contributed by atoms with Crippen LogP contribution in [0.3, 0.4) is 0 Å². The highest BCUT2D eigenvalue weighted by molar-refractivity contribution is 6.30. The molecular formula is C17H15ClFNO. The van der Waals surface area contributed by atoms with Crippen LogP contribution in [0.2, 0.25) is 5.02 Å². The fraction of sp³-hybridized carbons (Fsp3) is 0.176. The van der Waals surface area contributed by atoms with Crippen molar-refractivity contribution in [2.75, 3.05) is 6.54 Å². The van der Waals surface area contributed by atoms with Gasteiger partial charge in [-0.2, -0.15) is 0 Å². The minimum atomic E-state index is -0.360. The SMILES string of the molecule is CCNC(c1cc2ccccc2o1)c1cc(Cl)ccc1F. The molecular weight excluding hydrogens is 289 g/mol. The lowest BCUT2D eigenvalue weighted by Gasteiger charge is -2.17. The monoisotopic (exact) mass is 303 g/mol. The van der Waals surface area contributed by atoms with Crippen LogP contribution in [-0.4, -0.2) is 6.54 Å².